The predicted molar refractivity (Wildman–Crippen MR) is 48.1 cm³/mol. The number of carboxylic acid groups (broad SMARTS) is 1. The molecule has 1 heterocycles. The van der Waals surface area contributed by atoms with Gasteiger partial charge in [0, 0.05) is 5.71 Å². The molecule has 2 atom stereocenters. The predicted octanol–water partition coefficient (Wildman–Crippen LogP) is 1.51. The number of aliphatic imine (C=N–C) groups is 1. The highest BCUT2D eigenvalue weighted by Crippen LogP contribution is 2.33. The second kappa shape index (κ2) is 3.44. The van der Waals surface area contributed by atoms with E-state index in [1.165, 1.54) is 6.42 Å². The second-order valence-electron chi connectivity index (χ2n) is 3.30. The lowest BCUT2D eigenvalue weighted by atomic mass is 10.0. The van der Waals surface area contributed by atoms with Gasteiger partial charge in [0.1, 0.15) is 6.04 Å². The van der Waals surface area contributed by atoms with E-state index in [0.29, 0.717) is 5.92 Å². The van der Waals surface area contributed by atoms with E-state index >= 15 is 0 Å². The van der Waals surface area contributed by atoms with Gasteiger partial charge in [-0.15, -0.1) is 12.4 Å². The number of fused-ring (bicyclic) bond motifs is 1. The molecule has 1 aliphatic carbocycles. The van der Waals surface area contributed by atoms with Crippen LogP contribution < -0.4 is 0 Å². The van der Waals surface area contributed by atoms with Crippen LogP contribution in [0.5, 0.6) is 0 Å². The Morgan fingerprint density at radius 1 is 1.58 bits per heavy atom. The summed E-state index contributed by atoms with van der Waals surface area (Å²) in [6.45, 7) is 0. The molecule has 2 aliphatic rings. The van der Waals surface area contributed by atoms with Gasteiger partial charge in [0.05, 0.1) is 0 Å². The molecule has 1 fully saturated rings. The monoisotopic (exact) mass is 189 g/mol. The first-order chi connectivity index (χ1) is 5.27. The molecule has 3 nitrogen and oxygen atoms in total. The smallest absolute Gasteiger partial charge is 0.328 e. The number of hydrogen-bond acceptors (Lipinski definition) is 2. The second-order valence-corrected chi connectivity index (χ2v) is 3.30. The Morgan fingerprint density at radius 2 is 2.33 bits per heavy atom. The third kappa shape index (κ3) is 1.46. The van der Waals surface area contributed by atoms with Gasteiger partial charge in [-0.05, 0) is 31.6 Å². The van der Waals surface area contributed by atoms with Crippen molar-refractivity contribution < 1.29 is 9.90 Å². The van der Waals surface area contributed by atoms with Crippen molar-refractivity contribution in [2.45, 2.75) is 31.7 Å². The minimum atomic E-state index is -0.757. The van der Waals surface area contributed by atoms with E-state index in [4.69, 9.17) is 5.11 Å². The Labute approximate surface area is 77.3 Å². The number of nitrogens with zero attached hydrogens (tertiary/aromatic N) is 1. The minimum Gasteiger partial charge on any atom is -0.480 e. The molecule has 1 saturated carbocycles. The van der Waals surface area contributed by atoms with Crippen LogP contribution in [0.4, 0.5) is 0 Å². The van der Waals surface area contributed by atoms with E-state index in [1.807, 2.05) is 0 Å². The average Bonchev–Trinajstić information content (AvgIpc) is 2.40. The average molecular weight is 190 g/mol. The number of hydrogen-bond donors (Lipinski definition) is 1. The molecule has 0 spiro atoms. The highest BCUT2D eigenvalue weighted by molar-refractivity contribution is 5.93. The first-order valence-electron chi connectivity index (χ1n) is 4.07. The van der Waals surface area contributed by atoms with Gasteiger partial charge in [0.15, 0.2) is 0 Å². The summed E-state index contributed by atoms with van der Waals surface area (Å²) in [7, 11) is 0. The van der Waals surface area contributed by atoms with Gasteiger partial charge in [0.2, 0.25) is 0 Å². The molecular formula is C8H12ClNO2. The lowest BCUT2D eigenvalue weighted by molar-refractivity contribution is -0.138. The van der Waals surface area contributed by atoms with Crippen LogP contribution in [0.3, 0.4) is 0 Å². The Bertz CT molecular complexity index is 227. The summed E-state index contributed by atoms with van der Waals surface area (Å²) < 4.78 is 0. The lowest BCUT2D eigenvalue weighted by Gasteiger charge is -2.01. The lowest BCUT2D eigenvalue weighted by Crippen LogP contribution is -2.15. The molecule has 0 aromatic heterocycles. The molecule has 4 heteroatoms. The van der Waals surface area contributed by atoms with Crippen molar-refractivity contribution in [3.8, 4) is 0 Å². The van der Waals surface area contributed by atoms with Crippen molar-refractivity contribution in [1.29, 1.82) is 0 Å². The maximum absolute atomic E-state index is 10.5. The maximum atomic E-state index is 10.5. The first kappa shape index (κ1) is 9.52. The van der Waals surface area contributed by atoms with Crippen molar-refractivity contribution in [2.24, 2.45) is 10.9 Å². The molecule has 0 aromatic carbocycles. The van der Waals surface area contributed by atoms with E-state index in [1.54, 1.807) is 0 Å². The summed E-state index contributed by atoms with van der Waals surface area (Å²) in [5.74, 6) is -0.247. The van der Waals surface area contributed by atoms with Gasteiger partial charge in [-0.25, -0.2) is 4.79 Å². The van der Waals surface area contributed by atoms with Crippen molar-refractivity contribution in [3.63, 3.8) is 0 Å². The number of carbonyl (C=O) groups is 1. The molecular weight excluding hydrogens is 178 g/mol. The van der Waals surface area contributed by atoms with Gasteiger partial charge < -0.3 is 5.11 Å². The molecule has 2 unspecified atom stereocenters. The fourth-order valence-corrected chi connectivity index (χ4v) is 2.00. The fraction of sp³-hybridized carbons (Fsp3) is 0.750. The first-order valence-corrected chi connectivity index (χ1v) is 4.07. The third-order valence-electron chi connectivity index (χ3n) is 2.57. The number of rotatable bonds is 1. The molecule has 0 aromatic rings. The zero-order valence-corrected chi connectivity index (χ0v) is 7.51. The van der Waals surface area contributed by atoms with Gasteiger partial charge in [-0.1, -0.05) is 0 Å². The summed E-state index contributed by atoms with van der Waals surface area (Å²) in [5, 5.41) is 8.66. The molecule has 2 rings (SSSR count). The summed E-state index contributed by atoms with van der Waals surface area (Å²) in [6, 6.07) is -0.421. The molecule has 0 amide bonds. The number of halogens is 1. The van der Waals surface area contributed by atoms with Crippen LogP contribution in [-0.2, 0) is 4.79 Å². The zero-order chi connectivity index (χ0) is 7.84. The van der Waals surface area contributed by atoms with Gasteiger partial charge >= 0.3 is 5.97 Å². The number of aliphatic carboxylic acids is 1. The van der Waals surface area contributed by atoms with Gasteiger partial charge in [0.25, 0.3) is 0 Å². The Morgan fingerprint density at radius 3 is 2.92 bits per heavy atom. The zero-order valence-electron chi connectivity index (χ0n) is 6.69. The van der Waals surface area contributed by atoms with Gasteiger partial charge in [-0.3, -0.25) is 4.99 Å². The molecule has 1 N–H and O–H groups in total. The molecule has 12 heavy (non-hydrogen) atoms. The topological polar surface area (TPSA) is 49.7 Å². The van der Waals surface area contributed by atoms with Crippen molar-refractivity contribution in [2.75, 3.05) is 0 Å². The van der Waals surface area contributed by atoms with Crippen LogP contribution in [0.2, 0.25) is 0 Å². The normalized spacial score (nSPS) is 32.2. The molecule has 1 aliphatic heterocycles. The Balaban J connectivity index is 0.000000720. The SMILES string of the molecule is Cl.O=C(O)C1CC2CCCC2=N1. The van der Waals surface area contributed by atoms with Gasteiger partial charge in [-0.2, -0.15) is 0 Å². The van der Waals surface area contributed by atoms with Crippen LogP contribution in [0.25, 0.3) is 0 Å². The van der Waals surface area contributed by atoms with E-state index < -0.39 is 12.0 Å². The third-order valence-corrected chi connectivity index (χ3v) is 2.57. The molecule has 68 valence electrons. The Kier molecular flexibility index (Phi) is 2.73. The quantitative estimate of drug-likeness (QED) is 0.680. The van der Waals surface area contributed by atoms with Crippen LogP contribution in [0.1, 0.15) is 25.7 Å². The van der Waals surface area contributed by atoms with E-state index in [9.17, 15) is 4.79 Å². The highest BCUT2D eigenvalue weighted by atomic mass is 35.5. The highest BCUT2D eigenvalue weighted by Gasteiger charge is 2.34. The van der Waals surface area contributed by atoms with Crippen molar-refractivity contribution >= 4 is 24.1 Å². The van der Waals surface area contributed by atoms with Crippen molar-refractivity contribution in [1.82, 2.24) is 0 Å². The van der Waals surface area contributed by atoms with E-state index in [-0.39, 0.29) is 12.4 Å². The van der Waals surface area contributed by atoms with Crippen LogP contribution in [-0.4, -0.2) is 22.8 Å². The summed E-state index contributed by atoms with van der Waals surface area (Å²) in [6.07, 6.45) is 4.15. The van der Waals surface area contributed by atoms with Crippen LogP contribution >= 0.6 is 12.4 Å². The Hall–Kier alpha value is -0.570. The van der Waals surface area contributed by atoms with E-state index in [2.05, 4.69) is 4.99 Å². The fourth-order valence-electron chi connectivity index (χ4n) is 2.00. The summed E-state index contributed by atoms with van der Waals surface area (Å²) >= 11 is 0. The summed E-state index contributed by atoms with van der Waals surface area (Å²) in [5.41, 5.74) is 1.16. The summed E-state index contributed by atoms with van der Waals surface area (Å²) in [4.78, 5) is 14.7. The van der Waals surface area contributed by atoms with E-state index in [0.717, 1.165) is 25.0 Å². The molecule has 0 radical (unpaired) electrons. The standard InChI is InChI=1S/C8H11NO2.ClH/c10-8(11)7-4-5-2-1-3-6(5)9-7;/h5,7H,1-4H2,(H,10,11);1H. The molecule has 0 saturated heterocycles. The molecule has 0 bridgehead atoms. The largest absolute Gasteiger partial charge is 0.480 e. The van der Waals surface area contributed by atoms with Crippen LogP contribution in [0, 0.1) is 5.92 Å². The van der Waals surface area contributed by atoms with Crippen LogP contribution in [0.15, 0.2) is 4.99 Å². The maximum Gasteiger partial charge on any atom is 0.328 e. The van der Waals surface area contributed by atoms with Crippen molar-refractivity contribution in [3.05, 3.63) is 0 Å². The minimum absolute atomic E-state index is 0. The number of carboxylic acids is 1.